The molecule has 1 aromatic rings. The lowest BCUT2D eigenvalue weighted by molar-refractivity contribution is 0.0427. The van der Waals surface area contributed by atoms with Crippen molar-refractivity contribution in [3.8, 4) is 0 Å². The Hall–Kier alpha value is -0.800. The van der Waals surface area contributed by atoms with Crippen LogP contribution in [0.2, 0.25) is 0 Å². The highest BCUT2D eigenvalue weighted by Crippen LogP contribution is 2.15. The van der Waals surface area contributed by atoms with Crippen molar-refractivity contribution < 1.29 is 9.15 Å². The van der Waals surface area contributed by atoms with Crippen LogP contribution in [-0.2, 0) is 11.3 Å². The number of hydrogen-bond donors (Lipinski definition) is 1. The third-order valence-corrected chi connectivity index (χ3v) is 2.17. The molecule has 0 aliphatic carbocycles. The monoisotopic (exact) mass is 211 g/mol. The fraction of sp³-hybridized carbons (Fsp3) is 0.667. The summed E-state index contributed by atoms with van der Waals surface area (Å²) < 4.78 is 10.8. The van der Waals surface area contributed by atoms with E-state index in [1.54, 1.807) is 6.26 Å². The zero-order chi connectivity index (χ0) is 11.1. The van der Waals surface area contributed by atoms with Gasteiger partial charge >= 0.3 is 0 Å². The molecule has 0 aliphatic rings. The largest absolute Gasteiger partial charge is 0.467 e. The first kappa shape index (κ1) is 12.3. The van der Waals surface area contributed by atoms with Gasteiger partial charge in [-0.15, -0.1) is 0 Å². The van der Waals surface area contributed by atoms with Crippen LogP contribution in [0.1, 0.15) is 26.5 Å². The van der Waals surface area contributed by atoms with Crippen LogP contribution in [0.3, 0.4) is 0 Å². The third-order valence-electron chi connectivity index (χ3n) is 2.17. The standard InChI is InChI=1S/C12H21NO2/c1-4-13-9-12(2,3)10-14-8-11-6-5-7-15-11/h5-7,13H,4,8-10H2,1-3H3. The highest BCUT2D eigenvalue weighted by molar-refractivity contribution is 4.96. The van der Waals surface area contributed by atoms with Gasteiger partial charge in [0.1, 0.15) is 12.4 Å². The number of rotatable bonds is 7. The van der Waals surface area contributed by atoms with Gasteiger partial charge in [0, 0.05) is 12.0 Å². The first-order chi connectivity index (χ1) is 7.14. The molecule has 0 spiro atoms. The molecule has 1 heterocycles. The third kappa shape index (κ3) is 5.00. The summed E-state index contributed by atoms with van der Waals surface area (Å²) in [6, 6.07) is 3.81. The van der Waals surface area contributed by atoms with Gasteiger partial charge in [-0.25, -0.2) is 0 Å². The Morgan fingerprint density at radius 2 is 2.27 bits per heavy atom. The van der Waals surface area contributed by atoms with Crippen LogP contribution in [0, 0.1) is 5.41 Å². The molecule has 0 saturated heterocycles. The molecule has 0 fully saturated rings. The van der Waals surface area contributed by atoms with Crippen LogP contribution in [0.5, 0.6) is 0 Å². The molecule has 0 aromatic carbocycles. The molecule has 0 radical (unpaired) electrons. The van der Waals surface area contributed by atoms with Crippen molar-refractivity contribution in [2.24, 2.45) is 5.41 Å². The van der Waals surface area contributed by atoms with Crippen molar-refractivity contribution in [2.75, 3.05) is 19.7 Å². The van der Waals surface area contributed by atoms with E-state index in [4.69, 9.17) is 9.15 Å². The summed E-state index contributed by atoms with van der Waals surface area (Å²) in [5, 5.41) is 3.33. The molecule has 15 heavy (non-hydrogen) atoms. The lowest BCUT2D eigenvalue weighted by atomic mass is 9.95. The van der Waals surface area contributed by atoms with Crippen molar-refractivity contribution in [1.82, 2.24) is 5.32 Å². The van der Waals surface area contributed by atoms with Crippen LogP contribution in [0.4, 0.5) is 0 Å². The summed E-state index contributed by atoms with van der Waals surface area (Å²) in [5.41, 5.74) is 0.169. The first-order valence-electron chi connectivity index (χ1n) is 5.45. The second-order valence-corrected chi connectivity index (χ2v) is 4.52. The Morgan fingerprint density at radius 3 is 2.87 bits per heavy atom. The maximum absolute atomic E-state index is 5.61. The SMILES string of the molecule is CCNCC(C)(C)COCc1ccco1. The van der Waals surface area contributed by atoms with E-state index in [1.165, 1.54) is 0 Å². The number of hydrogen-bond acceptors (Lipinski definition) is 3. The predicted molar refractivity (Wildman–Crippen MR) is 60.7 cm³/mol. The fourth-order valence-corrected chi connectivity index (χ4v) is 1.34. The molecule has 3 nitrogen and oxygen atoms in total. The van der Waals surface area contributed by atoms with Gasteiger partial charge in [-0.05, 0) is 18.7 Å². The quantitative estimate of drug-likeness (QED) is 0.752. The average molecular weight is 211 g/mol. The van der Waals surface area contributed by atoms with E-state index >= 15 is 0 Å². The van der Waals surface area contributed by atoms with Crippen molar-refractivity contribution >= 4 is 0 Å². The number of nitrogens with one attached hydrogen (secondary N) is 1. The Bertz CT molecular complexity index is 255. The summed E-state index contributed by atoms with van der Waals surface area (Å²) in [6.07, 6.45) is 1.67. The summed E-state index contributed by atoms with van der Waals surface area (Å²) in [7, 11) is 0. The van der Waals surface area contributed by atoms with Gasteiger partial charge in [0.2, 0.25) is 0 Å². The Balaban J connectivity index is 2.18. The minimum atomic E-state index is 0.169. The maximum atomic E-state index is 5.61. The molecular weight excluding hydrogens is 190 g/mol. The normalized spacial score (nSPS) is 11.9. The second-order valence-electron chi connectivity index (χ2n) is 4.52. The predicted octanol–water partition coefficient (Wildman–Crippen LogP) is 2.43. The van der Waals surface area contributed by atoms with Crippen molar-refractivity contribution in [3.63, 3.8) is 0 Å². The van der Waals surface area contributed by atoms with Crippen molar-refractivity contribution in [3.05, 3.63) is 24.2 Å². The summed E-state index contributed by atoms with van der Waals surface area (Å²) in [5.74, 6) is 0.884. The van der Waals surface area contributed by atoms with Crippen LogP contribution in [-0.4, -0.2) is 19.7 Å². The van der Waals surface area contributed by atoms with Crippen LogP contribution < -0.4 is 5.32 Å². The molecule has 0 aliphatic heterocycles. The molecule has 0 saturated carbocycles. The zero-order valence-corrected chi connectivity index (χ0v) is 9.88. The average Bonchev–Trinajstić information content (AvgIpc) is 2.67. The van der Waals surface area contributed by atoms with E-state index in [0.717, 1.165) is 25.5 Å². The molecule has 1 aromatic heterocycles. The molecule has 0 atom stereocenters. The zero-order valence-electron chi connectivity index (χ0n) is 9.88. The van der Waals surface area contributed by atoms with Crippen LogP contribution in [0.15, 0.2) is 22.8 Å². The van der Waals surface area contributed by atoms with Crippen LogP contribution >= 0.6 is 0 Å². The lowest BCUT2D eigenvalue weighted by Gasteiger charge is -2.24. The van der Waals surface area contributed by atoms with Gasteiger partial charge in [0.15, 0.2) is 0 Å². The van der Waals surface area contributed by atoms with Gasteiger partial charge in [0.05, 0.1) is 12.9 Å². The van der Waals surface area contributed by atoms with E-state index in [2.05, 4.69) is 26.1 Å². The molecule has 0 unspecified atom stereocenters. The van der Waals surface area contributed by atoms with E-state index in [1.807, 2.05) is 12.1 Å². The van der Waals surface area contributed by atoms with Crippen molar-refractivity contribution in [1.29, 1.82) is 0 Å². The van der Waals surface area contributed by atoms with Crippen LogP contribution in [0.25, 0.3) is 0 Å². The lowest BCUT2D eigenvalue weighted by Crippen LogP contribution is -2.33. The van der Waals surface area contributed by atoms with Gasteiger partial charge in [-0.2, -0.15) is 0 Å². The minimum absolute atomic E-state index is 0.169. The molecule has 0 amide bonds. The summed E-state index contributed by atoms with van der Waals surface area (Å²) in [6.45, 7) is 9.77. The minimum Gasteiger partial charge on any atom is -0.467 e. The molecule has 3 heteroatoms. The number of furan rings is 1. The summed E-state index contributed by atoms with van der Waals surface area (Å²) >= 11 is 0. The fourth-order valence-electron chi connectivity index (χ4n) is 1.34. The second kappa shape index (κ2) is 5.93. The van der Waals surface area contributed by atoms with Gasteiger partial charge < -0.3 is 14.5 Å². The molecule has 1 N–H and O–H groups in total. The van der Waals surface area contributed by atoms with E-state index in [-0.39, 0.29) is 5.41 Å². The van der Waals surface area contributed by atoms with Gasteiger partial charge in [-0.1, -0.05) is 20.8 Å². The maximum Gasteiger partial charge on any atom is 0.129 e. The van der Waals surface area contributed by atoms with E-state index < -0.39 is 0 Å². The topological polar surface area (TPSA) is 34.4 Å². The van der Waals surface area contributed by atoms with E-state index in [0.29, 0.717) is 6.61 Å². The molecular formula is C12H21NO2. The number of ether oxygens (including phenoxy) is 1. The molecule has 0 bridgehead atoms. The summed E-state index contributed by atoms with van der Waals surface area (Å²) in [4.78, 5) is 0. The highest BCUT2D eigenvalue weighted by atomic mass is 16.5. The smallest absolute Gasteiger partial charge is 0.129 e. The molecule has 86 valence electrons. The van der Waals surface area contributed by atoms with Crippen molar-refractivity contribution in [2.45, 2.75) is 27.4 Å². The Kier molecular flexibility index (Phi) is 4.85. The highest BCUT2D eigenvalue weighted by Gasteiger charge is 2.17. The van der Waals surface area contributed by atoms with E-state index in [9.17, 15) is 0 Å². The Morgan fingerprint density at radius 1 is 1.47 bits per heavy atom. The first-order valence-corrected chi connectivity index (χ1v) is 5.45. The van der Waals surface area contributed by atoms with Gasteiger partial charge in [-0.3, -0.25) is 0 Å². The molecule has 1 rings (SSSR count). The van der Waals surface area contributed by atoms with Gasteiger partial charge in [0.25, 0.3) is 0 Å². The Labute approximate surface area is 91.8 Å².